The van der Waals surface area contributed by atoms with Crippen LogP contribution in [0.2, 0.25) is 0 Å². The number of aromatic carboxylic acids is 1. The normalized spacial score (nSPS) is 12.1. The summed E-state index contributed by atoms with van der Waals surface area (Å²) in [4.78, 5) is 22.2. The van der Waals surface area contributed by atoms with Gasteiger partial charge in [-0.15, -0.1) is 0 Å². The van der Waals surface area contributed by atoms with Crippen molar-refractivity contribution in [1.29, 1.82) is 0 Å². The zero-order valence-electron chi connectivity index (χ0n) is 9.73. The Morgan fingerprint density at radius 1 is 1.47 bits per heavy atom. The third kappa shape index (κ3) is 3.92. The van der Waals surface area contributed by atoms with E-state index in [4.69, 9.17) is 14.3 Å². The molecule has 6 nitrogen and oxygen atoms in total. The molecule has 1 aromatic heterocycles. The van der Waals surface area contributed by atoms with Gasteiger partial charge in [-0.25, -0.2) is 4.79 Å². The Morgan fingerprint density at radius 2 is 2.12 bits per heavy atom. The van der Waals surface area contributed by atoms with Crippen molar-refractivity contribution in [2.75, 3.05) is 13.7 Å². The van der Waals surface area contributed by atoms with Crippen LogP contribution >= 0.6 is 0 Å². The predicted octanol–water partition coefficient (Wildman–Crippen LogP) is 1.13. The fourth-order valence-corrected chi connectivity index (χ4v) is 1.24. The van der Waals surface area contributed by atoms with Crippen LogP contribution in [-0.4, -0.2) is 36.7 Å². The van der Waals surface area contributed by atoms with E-state index in [-0.39, 0.29) is 17.6 Å². The molecule has 0 bridgehead atoms. The predicted molar refractivity (Wildman–Crippen MR) is 59.1 cm³/mol. The zero-order chi connectivity index (χ0) is 12.8. The summed E-state index contributed by atoms with van der Waals surface area (Å²) >= 11 is 0. The van der Waals surface area contributed by atoms with E-state index < -0.39 is 11.9 Å². The van der Waals surface area contributed by atoms with Crippen molar-refractivity contribution in [3.63, 3.8) is 0 Å². The summed E-state index contributed by atoms with van der Waals surface area (Å²) in [7, 11) is 1.58. The quantitative estimate of drug-likeness (QED) is 0.779. The fraction of sp³-hybridized carbons (Fsp3) is 0.455. The van der Waals surface area contributed by atoms with Gasteiger partial charge in [0.05, 0.1) is 0 Å². The molecule has 1 rings (SSSR count). The molecular weight excluding hydrogens is 226 g/mol. The lowest BCUT2D eigenvalue weighted by atomic mass is 10.2. The molecule has 1 heterocycles. The van der Waals surface area contributed by atoms with Crippen LogP contribution in [0.1, 0.15) is 34.5 Å². The monoisotopic (exact) mass is 241 g/mol. The van der Waals surface area contributed by atoms with Gasteiger partial charge in [0, 0.05) is 19.8 Å². The second-order valence-electron chi connectivity index (χ2n) is 3.63. The van der Waals surface area contributed by atoms with Crippen LogP contribution in [-0.2, 0) is 4.74 Å². The molecule has 6 heteroatoms. The summed E-state index contributed by atoms with van der Waals surface area (Å²) in [6, 6.07) is 2.51. The maximum atomic E-state index is 11.6. The van der Waals surface area contributed by atoms with Crippen molar-refractivity contribution in [3.8, 4) is 0 Å². The van der Waals surface area contributed by atoms with Crippen molar-refractivity contribution in [3.05, 3.63) is 23.7 Å². The molecule has 17 heavy (non-hydrogen) atoms. The number of carbonyl (C=O) groups is 2. The van der Waals surface area contributed by atoms with Crippen LogP contribution in [0.5, 0.6) is 0 Å². The molecule has 94 valence electrons. The van der Waals surface area contributed by atoms with E-state index in [1.807, 2.05) is 6.92 Å². The fourth-order valence-electron chi connectivity index (χ4n) is 1.24. The van der Waals surface area contributed by atoms with Crippen LogP contribution in [0.25, 0.3) is 0 Å². The second-order valence-corrected chi connectivity index (χ2v) is 3.63. The molecule has 0 aliphatic carbocycles. The van der Waals surface area contributed by atoms with E-state index in [2.05, 4.69) is 5.32 Å². The lowest BCUT2D eigenvalue weighted by molar-refractivity contribution is 0.0659. The number of carbonyl (C=O) groups excluding carboxylic acids is 1. The van der Waals surface area contributed by atoms with E-state index in [9.17, 15) is 9.59 Å². The lowest BCUT2D eigenvalue weighted by Crippen LogP contribution is -2.33. The van der Waals surface area contributed by atoms with Crippen molar-refractivity contribution in [1.82, 2.24) is 5.32 Å². The van der Waals surface area contributed by atoms with Crippen LogP contribution < -0.4 is 5.32 Å². The summed E-state index contributed by atoms with van der Waals surface area (Å²) in [5, 5.41) is 11.3. The first kappa shape index (κ1) is 13.2. The molecule has 0 radical (unpaired) electrons. The highest BCUT2D eigenvalue weighted by atomic mass is 16.5. The molecule has 1 atom stereocenters. The molecule has 0 spiro atoms. The molecule has 0 aromatic carbocycles. The number of methoxy groups -OCH3 is 1. The maximum absolute atomic E-state index is 11.6. The molecule has 0 fully saturated rings. The van der Waals surface area contributed by atoms with E-state index in [1.165, 1.54) is 12.1 Å². The minimum absolute atomic E-state index is 0.00772. The van der Waals surface area contributed by atoms with Crippen molar-refractivity contribution in [2.45, 2.75) is 19.4 Å². The number of hydrogen-bond acceptors (Lipinski definition) is 4. The number of carboxylic acid groups (broad SMARTS) is 1. The number of amides is 1. The molecule has 0 saturated carbocycles. The minimum atomic E-state index is -1.20. The number of furan rings is 1. The molecule has 2 N–H and O–H groups in total. The molecular formula is C11H15NO5. The van der Waals surface area contributed by atoms with Gasteiger partial charge < -0.3 is 19.6 Å². The van der Waals surface area contributed by atoms with E-state index in [1.54, 1.807) is 7.11 Å². The molecule has 1 aromatic rings. The molecule has 0 aliphatic heterocycles. The van der Waals surface area contributed by atoms with Crippen molar-refractivity contribution >= 4 is 11.9 Å². The van der Waals surface area contributed by atoms with Gasteiger partial charge in [-0.05, 0) is 25.5 Å². The van der Waals surface area contributed by atoms with Crippen LogP contribution in [0, 0.1) is 0 Å². The Balaban J connectivity index is 2.54. The number of rotatable bonds is 6. The molecule has 1 amide bonds. The number of ether oxygens (including phenoxy) is 1. The zero-order valence-corrected chi connectivity index (χ0v) is 9.73. The Kier molecular flexibility index (Phi) is 4.71. The van der Waals surface area contributed by atoms with E-state index in [0.717, 1.165) is 0 Å². The smallest absolute Gasteiger partial charge is 0.371 e. The van der Waals surface area contributed by atoms with E-state index in [0.29, 0.717) is 13.0 Å². The minimum Gasteiger partial charge on any atom is -0.475 e. The third-order valence-electron chi connectivity index (χ3n) is 2.17. The topological polar surface area (TPSA) is 88.8 Å². The van der Waals surface area contributed by atoms with Gasteiger partial charge in [-0.1, -0.05) is 0 Å². The third-order valence-corrected chi connectivity index (χ3v) is 2.17. The van der Waals surface area contributed by atoms with Crippen LogP contribution in [0.15, 0.2) is 16.5 Å². The number of carboxylic acids is 1. The number of nitrogens with one attached hydrogen (secondary N) is 1. The van der Waals surface area contributed by atoms with Crippen LogP contribution in [0.4, 0.5) is 0 Å². The van der Waals surface area contributed by atoms with Gasteiger partial charge >= 0.3 is 5.97 Å². The largest absolute Gasteiger partial charge is 0.475 e. The number of hydrogen-bond donors (Lipinski definition) is 2. The average molecular weight is 241 g/mol. The Morgan fingerprint density at radius 3 is 2.65 bits per heavy atom. The highest BCUT2D eigenvalue weighted by Gasteiger charge is 2.16. The lowest BCUT2D eigenvalue weighted by Gasteiger charge is -2.11. The standard InChI is InChI=1S/C11H15NO5/c1-7(5-6-16-2)12-10(13)8-3-4-9(17-8)11(14)15/h3-4,7H,5-6H2,1-2H3,(H,12,13)(H,14,15). The summed E-state index contributed by atoms with van der Waals surface area (Å²) in [6.45, 7) is 2.37. The van der Waals surface area contributed by atoms with Gasteiger partial charge in [0.1, 0.15) is 0 Å². The van der Waals surface area contributed by atoms with Crippen molar-refractivity contribution in [2.24, 2.45) is 0 Å². The van der Waals surface area contributed by atoms with Gasteiger partial charge in [0.15, 0.2) is 5.76 Å². The highest BCUT2D eigenvalue weighted by Crippen LogP contribution is 2.08. The SMILES string of the molecule is COCCC(C)NC(=O)c1ccc(C(=O)O)o1. The van der Waals surface area contributed by atoms with Gasteiger partial charge in [0.25, 0.3) is 5.91 Å². The molecule has 0 saturated heterocycles. The Hall–Kier alpha value is -1.82. The van der Waals surface area contributed by atoms with Crippen molar-refractivity contribution < 1.29 is 23.8 Å². The summed E-state index contributed by atoms with van der Waals surface area (Å²) < 4.78 is 9.75. The van der Waals surface area contributed by atoms with Gasteiger partial charge in [-0.3, -0.25) is 4.79 Å². The Labute approximate surface area is 98.6 Å². The first-order valence-corrected chi connectivity index (χ1v) is 5.17. The summed E-state index contributed by atoms with van der Waals surface area (Å²) in [5.74, 6) is -1.89. The molecule has 0 aliphatic rings. The summed E-state index contributed by atoms with van der Waals surface area (Å²) in [6.07, 6.45) is 0.675. The summed E-state index contributed by atoms with van der Waals surface area (Å²) in [5.41, 5.74) is 0. The van der Waals surface area contributed by atoms with Gasteiger partial charge in [0.2, 0.25) is 5.76 Å². The average Bonchev–Trinajstić information content (AvgIpc) is 2.75. The van der Waals surface area contributed by atoms with Crippen LogP contribution in [0.3, 0.4) is 0 Å². The first-order chi connectivity index (χ1) is 8.04. The van der Waals surface area contributed by atoms with Gasteiger partial charge in [-0.2, -0.15) is 0 Å². The highest BCUT2D eigenvalue weighted by molar-refractivity contribution is 5.93. The molecule has 1 unspecified atom stereocenters. The Bertz CT molecular complexity index is 398. The second kappa shape index (κ2) is 6.05. The van der Waals surface area contributed by atoms with E-state index >= 15 is 0 Å². The first-order valence-electron chi connectivity index (χ1n) is 5.17. The maximum Gasteiger partial charge on any atom is 0.371 e.